The van der Waals surface area contributed by atoms with Crippen LogP contribution < -0.4 is 10.9 Å². The summed E-state index contributed by atoms with van der Waals surface area (Å²) in [5.41, 5.74) is 0.997. The summed E-state index contributed by atoms with van der Waals surface area (Å²) in [6.45, 7) is 4.04. The Kier molecular flexibility index (Phi) is 5.98. The quantitative estimate of drug-likeness (QED) is 0.440. The molecule has 1 aliphatic carbocycles. The van der Waals surface area contributed by atoms with E-state index in [1.165, 1.54) is 4.88 Å². The first-order chi connectivity index (χ1) is 12.5. The summed E-state index contributed by atoms with van der Waals surface area (Å²) in [6, 6.07) is 0. The molecule has 2 aromatic heterocycles. The van der Waals surface area contributed by atoms with Crippen LogP contribution in [0.5, 0.6) is 0 Å². The molecular weight excluding hydrogens is 374 g/mol. The van der Waals surface area contributed by atoms with Gasteiger partial charge in [-0.3, -0.25) is 14.4 Å². The molecule has 0 fully saturated rings. The highest BCUT2D eigenvalue weighted by molar-refractivity contribution is 7.99. The average molecular weight is 396 g/mol. The number of rotatable bonds is 6. The van der Waals surface area contributed by atoms with Gasteiger partial charge in [0.15, 0.2) is 5.16 Å². The Balaban J connectivity index is 1.67. The van der Waals surface area contributed by atoms with Crippen LogP contribution in [-0.4, -0.2) is 40.7 Å². The molecule has 0 saturated heterocycles. The van der Waals surface area contributed by atoms with Gasteiger partial charge < -0.3 is 15.0 Å². The van der Waals surface area contributed by atoms with Crippen LogP contribution in [0, 0.1) is 5.92 Å². The van der Waals surface area contributed by atoms with Crippen molar-refractivity contribution < 1.29 is 14.3 Å². The number of thiophene rings is 1. The fraction of sp³-hybridized carbons (Fsp3) is 0.529. The van der Waals surface area contributed by atoms with E-state index in [0.29, 0.717) is 16.5 Å². The number of nitrogens with zero attached hydrogens (tertiary/aromatic N) is 1. The lowest BCUT2D eigenvalue weighted by Gasteiger charge is -2.17. The number of aromatic amines is 1. The molecule has 0 bridgehead atoms. The summed E-state index contributed by atoms with van der Waals surface area (Å²) in [7, 11) is 0. The number of carbonyl (C=O) groups excluding carboxylic acids is 2. The van der Waals surface area contributed by atoms with Crippen LogP contribution in [0.2, 0.25) is 0 Å². The second-order valence-corrected chi connectivity index (χ2v) is 8.32. The maximum Gasteiger partial charge on any atom is 0.325 e. The molecule has 140 valence electrons. The van der Waals surface area contributed by atoms with Gasteiger partial charge in [0.25, 0.3) is 5.56 Å². The summed E-state index contributed by atoms with van der Waals surface area (Å²) < 4.78 is 4.75. The van der Waals surface area contributed by atoms with E-state index < -0.39 is 5.97 Å². The van der Waals surface area contributed by atoms with Gasteiger partial charge in [0.1, 0.15) is 11.4 Å². The normalized spacial score (nSPS) is 16.3. The highest BCUT2D eigenvalue weighted by Crippen LogP contribution is 2.36. The van der Waals surface area contributed by atoms with Gasteiger partial charge in [0.2, 0.25) is 5.91 Å². The minimum Gasteiger partial charge on any atom is -0.465 e. The van der Waals surface area contributed by atoms with Crippen molar-refractivity contribution in [3.8, 4) is 0 Å². The second-order valence-electron chi connectivity index (χ2n) is 6.27. The van der Waals surface area contributed by atoms with Gasteiger partial charge in [0.05, 0.1) is 17.7 Å². The summed E-state index contributed by atoms with van der Waals surface area (Å²) >= 11 is 2.72. The van der Waals surface area contributed by atoms with Crippen molar-refractivity contribution in [2.75, 3.05) is 18.9 Å². The maximum atomic E-state index is 12.5. The molecule has 3 rings (SSSR count). The second kappa shape index (κ2) is 8.22. The summed E-state index contributed by atoms with van der Waals surface area (Å²) in [6.07, 6.45) is 3.01. The maximum absolute atomic E-state index is 12.5. The molecule has 9 heteroatoms. The molecule has 2 heterocycles. The zero-order chi connectivity index (χ0) is 18.7. The summed E-state index contributed by atoms with van der Waals surface area (Å²) in [5.74, 6) is -0.0930. The van der Waals surface area contributed by atoms with E-state index in [2.05, 4.69) is 22.2 Å². The number of fused-ring (bicyclic) bond motifs is 3. The van der Waals surface area contributed by atoms with Crippen LogP contribution >= 0.6 is 23.1 Å². The third-order valence-corrected chi connectivity index (χ3v) is 6.24. The third-order valence-electron chi connectivity index (χ3n) is 4.22. The first-order valence-corrected chi connectivity index (χ1v) is 10.4. The molecule has 0 spiro atoms. The molecule has 2 N–H and O–H groups in total. The summed E-state index contributed by atoms with van der Waals surface area (Å²) in [5, 5.41) is 3.60. The van der Waals surface area contributed by atoms with E-state index in [0.717, 1.165) is 41.4 Å². The molecule has 0 aromatic carbocycles. The molecule has 1 amide bonds. The zero-order valence-electron chi connectivity index (χ0n) is 14.7. The highest BCUT2D eigenvalue weighted by atomic mass is 32.2. The Morgan fingerprint density at radius 3 is 3.04 bits per heavy atom. The topological polar surface area (TPSA) is 101 Å². The summed E-state index contributed by atoms with van der Waals surface area (Å²) in [4.78, 5) is 44.8. The van der Waals surface area contributed by atoms with Crippen LogP contribution in [0.25, 0.3) is 10.2 Å². The van der Waals surface area contributed by atoms with Crippen molar-refractivity contribution in [2.24, 2.45) is 5.92 Å². The van der Waals surface area contributed by atoms with Gasteiger partial charge in [0, 0.05) is 4.88 Å². The van der Waals surface area contributed by atoms with Gasteiger partial charge in [-0.1, -0.05) is 18.7 Å². The Morgan fingerprint density at radius 1 is 1.46 bits per heavy atom. The fourth-order valence-electron chi connectivity index (χ4n) is 2.97. The molecule has 0 radical (unpaired) electrons. The molecule has 1 aliphatic rings. The minimum absolute atomic E-state index is 0.0655. The molecular formula is C17H21N3O4S2. The number of aryl methyl sites for hydroxylation is 1. The predicted molar refractivity (Wildman–Crippen MR) is 102 cm³/mol. The molecule has 26 heavy (non-hydrogen) atoms. The number of hydrogen-bond donors (Lipinski definition) is 2. The lowest BCUT2D eigenvalue weighted by Crippen LogP contribution is -2.31. The van der Waals surface area contributed by atoms with Crippen molar-refractivity contribution in [3.05, 3.63) is 20.8 Å². The number of carbonyl (C=O) groups is 2. The van der Waals surface area contributed by atoms with E-state index in [9.17, 15) is 14.4 Å². The first-order valence-electron chi connectivity index (χ1n) is 8.57. The Hall–Kier alpha value is -1.87. The zero-order valence-corrected chi connectivity index (χ0v) is 16.3. The van der Waals surface area contributed by atoms with Crippen molar-refractivity contribution in [2.45, 2.75) is 38.3 Å². The molecule has 7 nitrogen and oxygen atoms in total. The van der Waals surface area contributed by atoms with Gasteiger partial charge in [-0.25, -0.2) is 4.98 Å². The molecule has 0 saturated carbocycles. The van der Waals surface area contributed by atoms with E-state index in [1.807, 2.05) is 0 Å². The van der Waals surface area contributed by atoms with Gasteiger partial charge in [-0.05, 0) is 37.7 Å². The van der Waals surface area contributed by atoms with Crippen molar-refractivity contribution in [3.63, 3.8) is 0 Å². The average Bonchev–Trinajstić information content (AvgIpc) is 2.96. The fourth-order valence-corrected chi connectivity index (χ4v) is 5.10. The molecule has 2 aromatic rings. The number of ether oxygens (including phenoxy) is 1. The van der Waals surface area contributed by atoms with Crippen LogP contribution in [0.15, 0.2) is 9.95 Å². The molecule has 0 unspecified atom stereocenters. The predicted octanol–water partition coefficient (Wildman–Crippen LogP) is 1.88. The number of thioether (sulfide) groups is 1. The van der Waals surface area contributed by atoms with Gasteiger partial charge in [-0.2, -0.15) is 0 Å². The standard InChI is InChI=1S/C17H21N3O4S2/c1-3-24-13(22)7-18-12(21)8-25-17-19-15(23)14-10-5-4-9(2)6-11(10)26-16(14)20-17/h9H,3-8H2,1-2H3,(H,18,21)(H,19,20,23)/t9-/m1/s1. The smallest absolute Gasteiger partial charge is 0.325 e. The molecule has 1 atom stereocenters. The number of amides is 1. The monoisotopic (exact) mass is 395 g/mol. The SMILES string of the molecule is CCOC(=O)CNC(=O)CSc1nc2sc3c(c2c(=O)[nH]1)CC[C@@H](C)C3. The Bertz CT molecular complexity index is 890. The Labute approximate surface area is 158 Å². The number of aromatic nitrogens is 2. The lowest BCUT2D eigenvalue weighted by atomic mass is 9.89. The van der Waals surface area contributed by atoms with Crippen LogP contribution in [0.1, 0.15) is 30.7 Å². The molecule has 0 aliphatic heterocycles. The first kappa shape index (κ1) is 18.9. The van der Waals surface area contributed by atoms with E-state index in [1.54, 1.807) is 18.3 Å². The van der Waals surface area contributed by atoms with Gasteiger partial charge in [-0.15, -0.1) is 11.3 Å². The number of esters is 1. The lowest BCUT2D eigenvalue weighted by molar-refractivity contribution is -0.143. The third kappa shape index (κ3) is 4.27. The van der Waals surface area contributed by atoms with Crippen molar-refractivity contribution in [1.29, 1.82) is 0 Å². The van der Waals surface area contributed by atoms with E-state index in [-0.39, 0.29) is 30.4 Å². The van der Waals surface area contributed by atoms with E-state index in [4.69, 9.17) is 4.74 Å². The number of hydrogen-bond acceptors (Lipinski definition) is 7. The van der Waals surface area contributed by atoms with Crippen molar-refractivity contribution >= 4 is 45.2 Å². The van der Waals surface area contributed by atoms with Crippen molar-refractivity contribution in [1.82, 2.24) is 15.3 Å². The number of nitrogens with one attached hydrogen (secondary N) is 2. The minimum atomic E-state index is -0.475. The largest absolute Gasteiger partial charge is 0.465 e. The Morgan fingerprint density at radius 2 is 2.27 bits per heavy atom. The highest BCUT2D eigenvalue weighted by Gasteiger charge is 2.23. The van der Waals surface area contributed by atoms with Crippen LogP contribution in [-0.2, 0) is 27.2 Å². The van der Waals surface area contributed by atoms with Crippen LogP contribution in [0.4, 0.5) is 0 Å². The van der Waals surface area contributed by atoms with E-state index >= 15 is 0 Å². The van der Waals surface area contributed by atoms with Crippen LogP contribution in [0.3, 0.4) is 0 Å². The number of H-pyrrole nitrogens is 1. The van der Waals surface area contributed by atoms with Gasteiger partial charge >= 0.3 is 5.97 Å².